The Morgan fingerprint density at radius 3 is 2.85 bits per heavy atom. The number of nitrogens with zero attached hydrogens (tertiary/aromatic N) is 3. The zero-order chi connectivity index (χ0) is 18.1. The van der Waals surface area contributed by atoms with Gasteiger partial charge in [-0.25, -0.2) is 4.79 Å². The van der Waals surface area contributed by atoms with Gasteiger partial charge in [-0.2, -0.15) is 5.06 Å². The van der Waals surface area contributed by atoms with Gasteiger partial charge in [0.2, 0.25) is 0 Å². The van der Waals surface area contributed by atoms with Gasteiger partial charge in [-0.15, -0.1) is 0 Å². The molecule has 136 valence electrons. The fourth-order valence-corrected chi connectivity index (χ4v) is 3.99. The van der Waals surface area contributed by atoms with Gasteiger partial charge in [-0.1, -0.05) is 18.2 Å². The lowest BCUT2D eigenvalue weighted by atomic mass is 9.82. The molecule has 2 aliphatic rings. The number of carboxylic acid groups (broad SMARTS) is 1. The Kier molecular flexibility index (Phi) is 4.26. The fraction of sp³-hybridized carbons (Fsp3) is 0.368. The SMILES string of the molecule is COc1ccc(CN2OCC3CN(C(=O)O)CC32c2cccnc2)cc1. The van der Waals surface area contributed by atoms with Crippen LogP contribution in [0.5, 0.6) is 5.75 Å². The highest BCUT2D eigenvalue weighted by molar-refractivity contribution is 5.66. The second-order valence-corrected chi connectivity index (χ2v) is 6.71. The number of hydrogen-bond acceptors (Lipinski definition) is 5. The predicted molar refractivity (Wildman–Crippen MR) is 93.5 cm³/mol. The summed E-state index contributed by atoms with van der Waals surface area (Å²) in [6.45, 7) is 1.88. The van der Waals surface area contributed by atoms with Crippen LogP contribution in [0, 0.1) is 5.92 Å². The summed E-state index contributed by atoms with van der Waals surface area (Å²) in [6, 6.07) is 11.7. The summed E-state index contributed by atoms with van der Waals surface area (Å²) in [5, 5.41) is 11.4. The first-order valence-corrected chi connectivity index (χ1v) is 8.55. The molecule has 1 amide bonds. The van der Waals surface area contributed by atoms with Crippen LogP contribution < -0.4 is 4.74 Å². The molecule has 2 unspecified atom stereocenters. The van der Waals surface area contributed by atoms with E-state index in [1.165, 1.54) is 4.90 Å². The topological polar surface area (TPSA) is 75.1 Å². The molecular weight excluding hydrogens is 334 g/mol. The van der Waals surface area contributed by atoms with Crippen LogP contribution in [-0.4, -0.2) is 53.0 Å². The zero-order valence-electron chi connectivity index (χ0n) is 14.5. The predicted octanol–water partition coefficient (Wildman–Crippen LogP) is 2.34. The average molecular weight is 355 g/mol. The number of methoxy groups -OCH3 is 1. The van der Waals surface area contributed by atoms with Crippen LogP contribution in [0.4, 0.5) is 4.79 Å². The van der Waals surface area contributed by atoms with E-state index in [0.717, 1.165) is 16.9 Å². The van der Waals surface area contributed by atoms with Gasteiger partial charge >= 0.3 is 6.09 Å². The highest BCUT2D eigenvalue weighted by Gasteiger charge is 2.58. The molecule has 2 aliphatic heterocycles. The van der Waals surface area contributed by atoms with E-state index in [0.29, 0.717) is 26.2 Å². The maximum Gasteiger partial charge on any atom is 0.407 e. The van der Waals surface area contributed by atoms with Crippen molar-refractivity contribution < 1.29 is 19.5 Å². The molecule has 0 saturated carbocycles. The molecule has 1 aromatic carbocycles. The van der Waals surface area contributed by atoms with Gasteiger partial charge < -0.3 is 14.7 Å². The summed E-state index contributed by atoms with van der Waals surface area (Å²) in [5.74, 6) is 0.870. The minimum absolute atomic E-state index is 0.0704. The number of hydroxylamine groups is 2. The van der Waals surface area contributed by atoms with Crippen molar-refractivity contribution >= 4 is 6.09 Å². The van der Waals surface area contributed by atoms with Crippen LogP contribution in [0.15, 0.2) is 48.8 Å². The number of carbonyl (C=O) groups is 1. The number of amides is 1. The quantitative estimate of drug-likeness (QED) is 0.907. The Balaban J connectivity index is 1.68. The Hall–Kier alpha value is -2.64. The molecule has 1 N–H and O–H groups in total. The van der Waals surface area contributed by atoms with E-state index in [4.69, 9.17) is 9.57 Å². The number of aromatic nitrogens is 1. The number of fused-ring (bicyclic) bond motifs is 1. The van der Waals surface area contributed by atoms with E-state index in [1.807, 2.05) is 47.7 Å². The third-order valence-electron chi connectivity index (χ3n) is 5.34. The number of rotatable bonds is 4. The van der Waals surface area contributed by atoms with Gasteiger partial charge in [0.25, 0.3) is 0 Å². The lowest BCUT2D eigenvalue weighted by molar-refractivity contribution is -0.176. The fourth-order valence-electron chi connectivity index (χ4n) is 3.99. The monoisotopic (exact) mass is 355 g/mol. The van der Waals surface area contributed by atoms with Crippen LogP contribution in [-0.2, 0) is 16.9 Å². The van der Waals surface area contributed by atoms with E-state index in [1.54, 1.807) is 13.3 Å². The van der Waals surface area contributed by atoms with Gasteiger partial charge in [0.15, 0.2) is 0 Å². The average Bonchev–Trinajstić information content (AvgIpc) is 3.21. The molecule has 2 fully saturated rings. The van der Waals surface area contributed by atoms with Gasteiger partial charge in [-0.05, 0) is 29.3 Å². The van der Waals surface area contributed by atoms with Crippen LogP contribution in [0.1, 0.15) is 11.1 Å². The van der Waals surface area contributed by atoms with Crippen LogP contribution in [0.2, 0.25) is 0 Å². The van der Waals surface area contributed by atoms with Gasteiger partial charge in [0.1, 0.15) is 5.75 Å². The molecule has 0 aliphatic carbocycles. The minimum atomic E-state index is -0.896. The maximum atomic E-state index is 11.6. The molecule has 4 rings (SSSR count). The minimum Gasteiger partial charge on any atom is -0.497 e. The van der Waals surface area contributed by atoms with Crippen molar-refractivity contribution in [1.82, 2.24) is 14.9 Å². The number of ether oxygens (including phenoxy) is 1. The molecule has 0 radical (unpaired) electrons. The van der Waals surface area contributed by atoms with Crippen molar-refractivity contribution in [3.63, 3.8) is 0 Å². The zero-order valence-corrected chi connectivity index (χ0v) is 14.5. The first kappa shape index (κ1) is 16.8. The second-order valence-electron chi connectivity index (χ2n) is 6.71. The van der Waals surface area contributed by atoms with Gasteiger partial charge in [0, 0.05) is 31.4 Å². The molecule has 2 atom stereocenters. The molecule has 0 spiro atoms. The first-order chi connectivity index (χ1) is 12.6. The molecular formula is C19H21N3O4. The molecule has 2 aromatic rings. The number of benzene rings is 1. The van der Waals surface area contributed by atoms with Crippen LogP contribution in [0.3, 0.4) is 0 Å². The van der Waals surface area contributed by atoms with E-state index in [-0.39, 0.29) is 5.92 Å². The highest BCUT2D eigenvalue weighted by Crippen LogP contribution is 2.47. The first-order valence-electron chi connectivity index (χ1n) is 8.55. The van der Waals surface area contributed by atoms with E-state index < -0.39 is 11.6 Å². The lowest BCUT2D eigenvalue weighted by Gasteiger charge is -2.36. The normalized spacial score (nSPS) is 25.3. The summed E-state index contributed by atoms with van der Waals surface area (Å²) < 4.78 is 5.21. The second kappa shape index (κ2) is 6.59. The van der Waals surface area contributed by atoms with E-state index >= 15 is 0 Å². The summed E-state index contributed by atoms with van der Waals surface area (Å²) in [4.78, 5) is 23.3. The summed E-state index contributed by atoms with van der Waals surface area (Å²) in [6.07, 6.45) is 2.64. The van der Waals surface area contributed by atoms with E-state index in [2.05, 4.69) is 4.98 Å². The third-order valence-corrected chi connectivity index (χ3v) is 5.34. The van der Waals surface area contributed by atoms with E-state index in [9.17, 15) is 9.90 Å². The number of likely N-dealkylation sites (tertiary alicyclic amines) is 1. The van der Waals surface area contributed by atoms with Gasteiger partial charge in [0.05, 0.1) is 25.8 Å². The van der Waals surface area contributed by atoms with Crippen molar-refractivity contribution in [3.8, 4) is 5.75 Å². The maximum absolute atomic E-state index is 11.6. The molecule has 2 saturated heterocycles. The van der Waals surface area contributed by atoms with Crippen LogP contribution in [0.25, 0.3) is 0 Å². The molecule has 0 bridgehead atoms. The largest absolute Gasteiger partial charge is 0.497 e. The Morgan fingerprint density at radius 2 is 2.19 bits per heavy atom. The van der Waals surface area contributed by atoms with Crippen molar-refractivity contribution in [2.45, 2.75) is 12.1 Å². The van der Waals surface area contributed by atoms with Crippen LogP contribution >= 0.6 is 0 Å². The Bertz CT molecular complexity index is 783. The Labute approximate surface area is 151 Å². The molecule has 26 heavy (non-hydrogen) atoms. The number of pyridine rings is 1. The summed E-state index contributed by atoms with van der Waals surface area (Å²) in [5.41, 5.74) is 1.54. The third kappa shape index (κ3) is 2.69. The standard InChI is InChI=1S/C19H21N3O4/c1-25-17-6-4-14(5-7-17)10-22-19(15-3-2-8-20-9-15)13-21(18(23)24)11-16(19)12-26-22/h2-9,16H,10-13H2,1H3,(H,23,24). The number of hydrogen-bond donors (Lipinski definition) is 1. The van der Waals surface area contributed by atoms with Crippen molar-refractivity contribution in [2.75, 3.05) is 26.8 Å². The lowest BCUT2D eigenvalue weighted by Crippen LogP contribution is -2.46. The van der Waals surface area contributed by atoms with Crippen molar-refractivity contribution in [3.05, 3.63) is 59.9 Å². The molecule has 3 heterocycles. The summed E-state index contributed by atoms with van der Waals surface area (Å²) >= 11 is 0. The van der Waals surface area contributed by atoms with Gasteiger partial charge in [-0.3, -0.25) is 9.82 Å². The molecule has 7 heteroatoms. The van der Waals surface area contributed by atoms with Crippen molar-refractivity contribution in [2.24, 2.45) is 5.92 Å². The van der Waals surface area contributed by atoms with Crippen molar-refractivity contribution in [1.29, 1.82) is 0 Å². The summed E-state index contributed by atoms with van der Waals surface area (Å²) in [7, 11) is 1.64. The Morgan fingerprint density at radius 1 is 1.38 bits per heavy atom. The molecule has 7 nitrogen and oxygen atoms in total. The highest BCUT2D eigenvalue weighted by atomic mass is 16.7. The molecule has 1 aromatic heterocycles. The smallest absolute Gasteiger partial charge is 0.407 e.